The number of rotatable bonds is 4. The predicted octanol–water partition coefficient (Wildman–Crippen LogP) is 4.00. The van der Waals surface area contributed by atoms with E-state index in [2.05, 4.69) is 9.71 Å². The second-order valence-electron chi connectivity index (χ2n) is 6.20. The molecule has 0 amide bonds. The van der Waals surface area contributed by atoms with Crippen LogP contribution in [0.15, 0.2) is 42.6 Å². The van der Waals surface area contributed by atoms with Crippen molar-refractivity contribution in [2.45, 2.75) is 38.5 Å². The van der Waals surface area contributed by atoms with Gasteiger partial charge in [-0.2, -0.15) is 0 Å². The summed E-state index contributed by atoms with van der Waals surface area (Å²) in [5.74, 6) is -0.261. The van der Waals surface area contributed by atoms with Crippen LogP contribution >= 0.6 is 0 Å². The van der Waals surface area contributed by atoms with E-state index in [9.17, 15) is 8.94 Å². The summed E-state index contributed by atoms with van der Waals surface area (Å²) in [4.78, 5) is 4.41. The van der Waals surface area contributed by atoms with E-state index >= 15 is 0 Å². The van der Waals surface area contributed by atoms with Crippen molar-refractivity contribution in [1.29, 1.82) is 0 Å². The largest absolute Gasteiger partial charge is 0.598 e. The minimum Gasteiger partial charge on any atom is -0.598 e. The highest BCUT2D eigenvalue weighted by atomic mass is 32.2. The molecule has 2 rings (SSSR count). The fraction of sp³-hybridized carbons (Fsp3) is 0.353. The minimum atomic E-state index is -1.13. The van der Waals surface area contributed by atoms with Crippen LogP contribution in [0.1, 0.15) is 39.3 Å². The number of hydrogen-bond acceptors (Lipinski definition) is 3. The average Bonchev–Trinajstić information content (AvgIpc) is 2.47. The lowest BCUT2D eigenvalue weighted by atomic mass is 10.1. The van der Waals surface area contributed by atoms with Crippen molar-refractivity contribution in [3.8, 4) is 11.3 Å². The zero-order valence-corrected chi connectivity index (χ0v) is 14.1. The van der Waals surface area contributed by atoms with Gasteiger partial charge in [-0.05, 0) is 63.6 Å². The van der Waals surface area contributed by atoms with Crippen molar-refractivity contribution >= 4 is 11.4 Å². The average molecular weight is 320 g/mol. The summed E-state index contributed by atoms with van der Waals surface area (Å²) in [5.41, 5.74) is 2.61. The molecular formula is C17H21FN2OS. The van der Waals surface area contributed by atoms with Crippen LogP contribution in [0.25, 0.3) is 11.3 Å². The lowest BCUT2D eigenvalue weighted by Gasteiger charge is -2.26. The Hall–Kier alpha value is -1.43. The van der Waals surface area contributed by atoms with Gasteiger partial charge in [0.15, 0.2) is 0 Å². The first kappa shape index (κ1) is 16.9. The quantitative estimate of drug-likeness (QED) is 0.866. The van der Waals surface area contributed by atoms with Crippen molar-refractivity contribution in [2.75, 3.05) is 0 Å². The molecule has 0 radical (unpaired) electrons. The van der Waals surface area contributed by atoms with Gasteiger partial charge in [-0.1, -0.05) is 6.07 Å². The first-order chi connectivity index (χ1) is 10.3. The van der Waals surface area contributed by atoms with Crippen molar-refractivity contribution < 1.29 is 8.94 Å². The lowest BCUT2D eigenvalue weighted by molar-refractivity contribution is 0.531. The molecule has 2 aromatic rings. The van der Waals surface area contributed by atoms with Gasteiger partial charge in [-0.3, -0.25) is 4.98 Å². The summed E-state index contributed by atoms with van der Waals surface area (Å²) in [6.07, 6.45) is 1.76. The molecule has 1 unspecified atom stereocenters. The second-order valence-corrected chi connectivity index (χ2v) is 8.20. The van der Waals surface area contributed by atoms with Gasteiger partial charge in [0.2, 0.25) is 0 Å². The highest BCUT2D eigenvalue weighted by Gasteiger charge is 2.28. The van der Waals surface area contributed by atoms with Gasteiger partial charge in [0.25, 0.3) is 0 Å². The van der Waals surface area contributed by atoms with E-state index in [0.29, 0.717) is 0 Å². The third kappa shape index (κ3) is 4.29. The highest BCUT2D eigenvalue weighted by Crippen LogP contribution is 2.22. The predicted molar refractivity (Wildman–Crippen MR) is 89.1 cm³/mol. The molecule has 0 aliphatic rings. The smallest absolute Gasteiger partial charge is 0.136 e. The van der Waals surface area contributed by atoms with Crippen LogP contribution in [-0.4, -0.2) is 14.3 Å². The summed E-state index contributed by atoms with van der Waals surface area (Å²) in [7, 11) is 0. The van der Waals surface area contributed by atoms with Gasteiger partial charge >= 0.3 is 0 Å². The van der Waals surface area contributed by atoms with E-state index in [1.54, 1.807) is 18.3 Å². The van der Waals surface area contributed by atoms with E-state index < -0.39 is 11.4 Å². The van der Waals surface area contributed by atoms with Crippen molar-refractivity contribution in [3.63, 3.8) is 0 Å². The molecule has 22 heavy (non-hydrogen) atoms. The van der Waals surface area contributed by atoms with Gasteiger partial charge in [-0.25, -0.2) is 4.39 Å². The summed E-state index contributed by atoms with van der Waals surface area (Å²) >= 11 is -1.13. The standard InChI is InChI=1S/C17H21FN2OS/c1-12(20-22(21)17(2,3)4)14-7-10-16(19-11-14)13-5-8-15(18)9-6-13/h5-12,20H,1-4H3/t12?,22-/m0/s1. The fourth-order valence-electron chi connectivity index (χ4n) is 1.86. The minimum absolute atomic E-state index is 0.0603. The molecule has 1 heterocycles. The zero-order chi connectivity index (χ0) is 16.3. The van der Waals surface area contributed by atoms with Gasteiger partial charge in [0.05, 0.1) is 11.7 Å². The first-order valence-corrected chi connectivity index (χ1v) is 8.32. The monoisotopic (exact) mass is 320 g/mol. The summed E-state index contributed by atoms with van der Waals surface area (Å²) in [6, 6.07) is 10.0. The number of hydrogen-bond donors (Lipinski definition) is 1. The molecule has 1 aromatic heterocycles. The number of halogens is 1. The Morgan fingerprint density at radius 2 is 1.77 bits per heavy atom. The normalized spacial score (nSPS) is 14.6. The lowest BCUT2D eigenvalue weighted by Crippen LogP contribution is -2.40. The van der Waals surface area contributed by atoms with Gasteiger partial charge in [0, 0.05) is 23.1 Å². The molecule has 3 nitrogen and oxygen atoms in total. The molecule has 0 aliphatic heterocycles. The van der Waals surface area contributed by atoms with Crippen molar-refractivity contribution in [1.82, 2.24) is 9.71 Å². The molecule has 0 saturated heterocycles. The Labute approximate surface area is 134 Å². The van der Waals surface area contributed by atoms with E-state index in [-0.39, 0.29) is 16.6 Å². The van der Waals surface area contributed by atoms with Gasteiger partial charge < -0.3 is 4.55 Å². The molecule has 0 spiro atoms. The molecular weight excluding hydrogens is 299 g/mol. The summed E-state index contributed by atoms with van der Waals surface area (Å²) < 4.78 is 27.8. The van der Waals surface area contributed by atoms with E-state index in [0.717, 1.165) is 16.8 Å². The summed E-state index contributed by atoms with van der Waals surface area (Å²) in [6.45, 7) is 7.74. The maximum absolute atomic E-state index is 12.9. The van der Waals surface area contributed by atoms with Crippen molar-refractivity contribution in [2.24, 2.45) is 0 Å². The van der Waals surface area contributed by atoms with Crippen LogP contribution in [0.5, 0.6) is 0 Å². The van der Waals surface area contributed by atoms with Gasteiger partial charge in [0.1, 0.15) is 10.6 Å². The number of aromatic nitrogens is 1. The van der Waals surface area contributed by atoms with E-state index in [1.807, 2.05) is 39.8 Å². The maximum atomic E-state index is 12.9. The Balaban J connectivity index is 2.10. The van der Waals surface area contributed by atoms with Crippen LogP contribution in [-0.2, 0) is 11.4 Å². The molecule has 0 saturated carbocycles. The van der Waals surface area contributed by atoms with Crippen LogP contribution in [0, 0.1) is 5.82 Å². The Bertz CT molecular complexity index is 608. The van der Waals surface area contributed by atoms with E-state index in [4.69, 9.17) is 0 Å². The van der Waals surface area contributed by atoms with Crippen LogP contribution in [0.4, 0.5) is 4.39 Å². The second kappa shape index (κ2) is 6.77. The van der Waals surface area contributed by atoms with Crippen LogP contribution in [0.3, 0.4) is 0 Å². The number of pyridine rings is 1. The van der Waals surface area contributed by atoms with E-state index in [1.165, 1.54) is 12.1 Å². The molecule has 5 heteroatoms. The van der Waals surface area contributed by atoms with Crippen LogP contribution in [0.2, 0.25) is 0 Å². The fourth-order valence-corrected chi connectivity index (χ4v) is 2.67. The molecule has 1 N–H and O–H groups in total. The topological polar surface area (TPSA) is 48.0 Å². The Morgan fingerprint density at radius 3 is 2.27 bits per heavy atom. The maximum Gasteiger partial charge on any atom is 0.136 e. The van der Waals surface area contributed by atoms with Gasteiger partial charge in [-0.15, -0.1) is 4.72 Å². The summed E-state index contributed by atoms with van der Waals surface area (Å²) in [5, 5.41) is 0. The molecule has 1 aromatic carbocycles. The molecule has 0 fully saturated rings. The third-order valence-corrected chi connectivity index (χ3v) is 4.95. The molecule has 0 bridgehead atoms. The Morgan fingerprint density at radius 1 is 1.14 bits per heavy atom. The van der Waals surface area contributed by atoms with Crippen LogP contribution < -0.4 is 4.72 Å². The molecule has 118 valence electrons. The third-order valence-electron chi connectivity index (χ3n) is 3.27. The zero-order valence-electron chi connectivity index (χ0n) is 13.3. The number of nitrogens with one attached hydrogen (secondary N) is 1. The molecule has 0 aliphatic carbocycles. The highest BCUT2D eigenvalue weighted by molar-refractivity contribution is 7.90. The number of nitrogens with zero attached hydrogens (tertiary/aromatic N) is 1. The molecule has 2 atom stereocenters. The Kier molecular flexibility index (Phi) is 5.21. The SMILES string of the molecule is CC(N[S@@+]([O-])C(C)(C)C)c1ccc(-c2ccc(F)cc2)nc1. The first-order valence-electron chi connectivity index (χ1n) is 7.17. The number of benzene rings is 1. The van der Waals surface area contributed by atoms with Crippen molar-refractivity contribution in [3.05, 3.63) is 54.0 Å².